The minimum Gasteiger partial charge on any atom is -0.355 e. The largest absolute Gasteiger partial charge is 0.355 e. The molecule has 0 aliphatic carbocycles. The summed E-state index contributed by atoms with van der Waals surface area (Å²) in [6.07, 6.45) is 0.872. The lowest BCUT2D eigenvalue weighted by Crippen LogP contribution is -2.47. The molecule has 1 heterocycles. The molecule has 1 aliphatic heterocycles. The van der Waals surface area contributed by atoms with E-state index in [1.165, 1.54) is 0 Å². The third-order valence-corrected chi connectivity index (χ3v) is 3.73. The molecule has 0 radical (unpaired) electrons. The summed E-state index contributed by atoms with van der Waals surface area (Å²) in [5.74, 6) is 0.592. The maximum atomic E-state index is 12.0. The van der Waals surface area contributed by atoms with Gasteiger partial charge in [-0.2, -0.15) is 0 Å². The average Bonchev–Trinajstić information content (AvgIpc) is 2.38. The summed E-state index contributed by atoms with van der Waals surface area (Å²) in [7, 11) is 2.15. The number of nitrogens with one attached hydrogen (secondary N) is 1. The zero-order valence-electron chi connectivity index (χ0n) is 12.7. The number of piperazine rings is 1. The summed E-state index contributed by atoms with van der Waals surface area (Å²) in [4.78, 5) is 16.7. The fourth-order valence-electron chi connectivity index (χ4n) is 2.43. The maximum Gasteiger partial charge on any atom is 0.224 e. The SMILES string of the molecule is CC(C)CC(CN)C(=O)NCCN1CCN(C)CC1. The second-order valence-corrected chi connectivity index (χ2v) is 6.00. The monoisotopic (exact) mass is 270 g/mol. The molecule has 0 bridgehead atoms. The molecular weight excluding hydrogens is 240 g/mol. The van der Waals surface area contributed by atoms with Crippen LogP contribution in [0, 0.1) is 11.8 Å². The molecule has 1 unspecified atom stereocenters. The minimum atomic E-state index is -0.0347. The third-order valence-electron chi connectivity index (χ3n) is 3.73. The molecule has 1 amide bonds. The summed E-state index contributed by atoms with van der Waals surface area (Å²) < 4.78 is 0. The molecule has 0 aromatic rings. The quantitative estimate of drug-likeness (QED) is 0.682. The molecule has 3 N–H and O–H groups in total. The molecule has 1 atom stereocenters. The Kier molecular flexibility index (Phi) is 7.34. The molecular formula is C14H30N4O. The second kappa shape index (κ2) is 8.51. The van der Waals surface area contributed by atoms with Crippen LogP contribution in [-0.4, -0.2) is 68.6 Å². The van der Waals surface area contributed by atoms with Crippen molar-refractivity contribution in [3.8, 4) is 0 Å². The Morgan fingerprint density at radius 3 is 2.42 bits per heavy atom. The van der Waals surface area contributed by atoms with Gasteiger partial charge in [-0.25, -0.2) is 0 Å². The molecule has 5 nitrogen and oxygen atoms in total. The predicted octanol–water partition coefficient (Wildman–Crippen LogP) is -0.0290. The van der Waals surface area contributed by atoms with Gasteiger partial charge in [-0.3, -0.25) is 9.69 Å². The van der Waals surface area contributed by atoms with E-state index in [0.717, 1.165) is 45.7 Å². The first-order chi connectivity index (χ1) is 9.02. The normalized spacial score (nSPS) is 19.6. The highest BCUT2D eigenvalue weighted by Crippen LogP contribution is 2.10. The van der Waals surface area contributed by atoms with Crippen molar-refractivity contribution < 1.29 is 4.79 Å². The van der Waals surface area contributed by atoms with Crippen molar-refractivity contribution in [2.45, 2.75) is 20.3 Å². The van der Waals surface area contributed by atoms with Crippen LogP contribution in [0.4, 0.5) is 0 Å². The van der Waals surface area contributed by atoms with Gasteiger partial charge < -0.3 is 16.0 Å². The molecule has 1 fully saturated rings. The second-order valence-electron chi connectivity index (χ2n) is 6.00. The van der Waals surface area contributed by atoms with Crippen LogP contribution < -0.4 is 11.1 Å². The zero-order valence-corrected chi connectivity index (χ0v) is 12.7. The molecule has 0 saturated carbocycles. The number of nitrogens with two attached hydrogens (primary N) is 1. The summed E-state index contributed by atoms with van der Waals surface area (Å²) >= 11 is 0. The predicted molar refractivity (Wildman–Crippen MR) is 78.9 cm³/mol. The molecule has 1 rings (SSSR count). The molecule has 1 saturated heterocycles. The molecule has 19 heavy (non-hydrogen) atoms. The van der Waals surface area contributed by atoms with E-state index in [1.54, 1.807) is 0 Å². The van der Waals surface area contributed by atoms with Crippen molar-refractivity contribution in [3.05, 3.63) is 0 Å². The number of nitrogens with zero attached hydrogens (tertiary/aromatic N) is 2. The minimum absolute atomic E-state index is 0.0347. The third kappa shape index (κ3) is 6.36. The van der Waals surface area contributed by atoms with Gasteiger partial charge in [0.25, 0.3) is 0 Å². The highest BCUT2D eigenvalue weighted by Gasteiger charge is 2.18. The molecule has 5 heteroatoms. The fourth-order valence-corrected chi connectivity index (χ4v) is 2.43. The van der Waals surface area contributed by atoms with Crippen molar-refractivity contribution >= 4 is 5.91 Å². The van der Waals surface area contributed by atoms with Gasteiger partial charge in [-0.1, -0.05) is 13.8 Å². The lowest BCUT2D eigenvalue weighted by atomic mass is 9.96. The van der Waals surface area contributed by atoms with Crippen molar-refractivity contribution in [2.24, 2.45) is 17.6 Å². The molecule has 0 aromatic carbocycles. The van der Waals surface area contributed by atoms with Crippen molar-refractivity contribution in [3.63, 3.8) is 0 Å². The van der Waals surface area contributed by atoms with Gasteiger partial charge in [0.2, 0.25) is 5.91 Å². The molecule has 0 aromatic heterocycles. The van der Waals surface area contributed by atoms with Crippen LogP contribution in [0.5, 0.6) is 0 Å². The van der Waals surface area contributed by atoms with E-state index in [2.05, 4.69) is 36.0 Å². The van der Waals surface area contributed by atoms with E-state index in [4.69, 9.17) is 5.73 Å². The van der Waals surface area contributed by atoms with Gasteiger partial charge in [0.1, 0.15) is 0 Å². The number of hydrogen-bond donors (Lipinski definition) is 2. The van der Waals surface area contributed by atoms with E-state index < -0.39 is 0 Å². The molecule has 1 aliphatic rings. The first-order valence-corrected chi connectivity index (χ1v) is 7.41. The number of carbonyl (C=O) groups is 1. The topological polar surface area (TPSA) is 61.6 Å². The van der Waals surface area contributed by atoms with Gasteiger partial charge in [-0.05, 0) is 19.4 Å². The van der Waals surface area contributed by atoms with Crippen LogP contribution in [0.1, 0.15) is 20.3 Å². The summed E-state index contributed by atoms with van der Waals surface area (Å²) in [5.41, 5.74) is 5.68. The Balaban J connectivity index is 2.18. The van der Waals surface area contributed by atoms with E-state index in [9.17, 15) is 4.79 Å². The number of amides is 1. The van der Waals surface area contributed by atoms with Crippen molar-refractivity contribution in [2.75, 3.05) is 52.9 Å². The van der Waals surface area contributed by atoms with Crippen LogP contribution >= 0.6 is 0 Å². The smallest absolute Gasteiger partial charge is 0.224 e. The number of likely N-dealkylation sites (N-methyl/N-ethyl adjacent to an activating group) is 1. The van der Waals surface area contributed by atoms with E-state index in [0.29, 0.717) is 12.5 Å². The number of hydrogen-bond acceptors (Lipinski definition) is 4. The van der Waals surface area contributed by atoms with Gasteiger partial charge in [-0.15, -0.1) is 0 Å². The van der Waals surface area contributed by atoms with Crippen LogP contribution in [0.2, 0.25) is 0 Å². The van der Waals surface area contributed by atoms with Gasteiger partial charge in [0.05, 0.1) is 5.92 Å². The van der Waals surface area contributed by atoms with E-state index in [1.807, 2.05) is 0 Å². The first-order valence-electron chi connectivity index (χ1n) is 7.41. The van der Waals surface area contributed by atoms with Gasteiger partial charge in [0.15, 0.2) is 0 Å². The highest BCUT2D eigenvalue weighted by atomic mass is 16.1. The Morgan fingerprint density at radius 2 is 1.89 bits per heavy atom. The maximum absolute atomic E-state index is 12.0. The fraction of sp³-hybridized carbons (Fsp3) is 0.929. The van der Waals surface area contributed by atoms with Crippen molar-refractivity contribution in [1.29, 1.82) is 0 Å². The van der Waals surface area contributed by atoms with Crippen LogP contribution in [-0.2, 0) is 4.79 Å². The Morgan fingerprint density at radius 1 is 1.26 bits per heavy atom. The highest BCUT2D eigenvalue weighted by molar-refractivity contribution is 5.78. The Bertz CT molecular complexity index is 262. The standard InChI is InChI=1S/C14H30N4O/c1-12(2)10-13(11-15)14(19)16-4-5-18-8-6-17(3)7-9-18/h12-13H,4-11,15H2,1-3H3,(H,16,19). The number of rotatable bonds is 7. The first kappa shape index (κ1) is 16.4. The van der Waals surface area contributed by atoms with Crippen LogP contribution in [0.3, 0.4) is 0 Å². The van der Waals surface area contributed by atoms with E-state index >= 15 is 0 Å². The lowest BCUT2D eigenvalue weighted by molar-refractivity contribution is -0.125. The van der Waals surface area contributed by atoms with Gasteiger partial charge >= 0.3 is 0 Å². The van der Waals surface area contributed by atoms with Crippen LogP contribution in [0.15, 0.2) is 0 Å². The Labute approximate surface area is 117 Å². The summed E-state index contributed by atoms with van der Waals surface area (Å²) in [5, 5.41) is 3.02. The number of carbonyl (C=O) groups excluding carboxylic acids is 1. The van der Waals surface area contributed by atoms with Crippen molar-refractivity contribution in [1.82, 2.24) is 15.1 Å². The molecule has 0 spiro atoms. The summed E-state index contributed by atoms with van der Waals surface area (Å²) in [6, 6.07) is 0. The molecule has 112 valence electrons. The Hall–Kier alpha value is -0.650. The average molecular weight is 270 g/mol. The summed E-state index contributed by atoms with van der Waals surface area (Å²) in [6.45, 7) is 10.8. The van der Waals surface area contributed by atoms with Crippen LogP contribution in [0.25, 0.3) is 0 Å². The zero-order chi connectivity index (χ0) is 14.3. The lowest BCUT2D eigenvalue weighted by Gasteiger charge is -2.32. The van der Waals surface area contributed by atoms with E-state index in [-0.39, 0.29) is 11.8 Å². The van der Waals surface area contributed by atoms with Gasteiger partial charge in [0, 0.05) is 45.8 Å².